The van der Waals surface area contributed by atoms with Gasteiger partial charge in [0.15, 0.2) is 0 Å². The highest BCUT2D eigenvalue weighted by Crippen LogP contribution is 2.26. The molecule has 146 valence electrons. The molecule has 0 spiro atoms. The Balaban J connectivity index is 1.61. The van der Waals surface area contributed by atoms with Gasteiger partial charge in [-0.15, -0.1) is 0 Å². The number of benzene rings is 1. The second-order valence-corrected chi connectivity index (χ2v) is 7.67. The molecule has 1 aromatic heterocycles. The first-order chi connectivity index (χ1) is 13.0. The van der Waals surface area contributed by atoms with Crippen LogP contribution in [0.1, 0.15) is 60.6 Å². The van der Waals surface area contributed by atoms with E-state index in [2.05, 4.69) is 30.2 Å². The van der Waals surface area contributed by atoms with Gasteiger partial charge in [0, 0.05) is 36.6 Å². The van der Waals surface area contributed by atoms with Crippen LogP contribution < -0.4 is 5.32 Å². The summed E-state index contributed by atoms with van der Waals surface area (Å²) in [7, 11) is 0. The number of H-pyrrole nitrogens is 1. The normalized spacial score (nSPS) is 15.3. The first kappa shape index (κ1) is 19.5. The van der Waals surface area contributed by atoms with Crippen LogP contribution in [-0.2, 0) is 4.79 Å². The van der Waals surface area contributed by atoms with Crippen molar-refractivity contribution in [1.82, 2.24) is 15.2 Å². The Morgan fingerprint density at radius 3 is 2.63 bits per heavy atom. The van der Waals surface area contributed by atoms with Crippen LogP contribution in [0.4, 0.5) is 0 Å². The summed E-state index contributed by atoms with van der Waals surface area (Å²) in [4.78, 5) is 30.6. The quantitative estimate of drug-likeness (QED) is 0.758. The predicted octanol–water partition coefficient (Wildman–Crippen LogP) is 3.94. The van der Waals surface area contributed by atoms with Crippen LogP contribution in [0.5, 0.6) is 0 Å². The van der Waals surface area contributed by atoms with Crippen LogP contribution in [0.25, 0.3) is 10.9 Å². The molecular weight excluding hydrogens is 338 g/mol. The van der Waals surface area contributed by atoms with Crippen molar-refractivity contribution in [3.8, 4) is 0 Å². The molecular formula is C22H31N3O2. The number of aryl methyl sites for hydroxylation is 2. The Morgan fingerprint density at radius 1 is 1.19 bits per heavy atom. The maximum absolute atomic E-state index is 13.1. The molecule has 0 atom stereocenters. The summed E-state index contributed by atoms with van der Waals surface area (Å²) in [6.45, 7) is 8.31. The fourth-order valence-electron chi connectivity index (χ4n) is 3.91. The van der Waals surface area contributed by atoms with E-state index in [0.717, 1.165) is 60.8 Å². The monoisotopic (exact) mass is 369 g/mol. The molecule has 0 radical (unpaired) electrons. The number of amides is 2. The Morgan fingerprint density at radius 2 is 1.93 bits per heavy atom. The highest BCUT2D eigenvalue weighted by Gasteiger charge is 2.28. The molecule has 0 aliphatic carbocycles. The van der Waals surface area contributed by atoms with E-state index in [1.165, 1.54) is 5.56 Å². The number of carbonyl (C=O) groups excluding carboxylic acids is 2. The molecule has 0 bridgehead atoms. The lowest BCUT2D eigenvalue weighted by atomic mass is 9.95. The average molecular weight is 370 g/mol. The number of carbonyl (C=O) groups is 2. The topological polar surface area (TPSA) is 65.2 Å². The standard InChI is InChI=1S/C22H31N3O2/c1-4-5-6-12-23-21(26)17-10-13-25(14-11-17)22(27)19-9-7-8-18-15(2)16(3)24-20(18)19/h7-9,17,24H,4-6,10-14H2,1-3H3,(H,23,26). The van der Waals surface area contributed by atoms with E-state index in [1.807, 2.05) is 24.0 Å². The molecule has 0 unspecified atom stereocenters. The third-order valence-corrected chi connectivity index (χ3v) is 5.81. The molecule has 1 aliphatic heterocycles. The largest absolute Gasteiger partial charge is 0.358 e. The third-order valence-electron chi connectivity index (χ3n) is 5.81. The molecule has 1 saturated heterocycles. The number of rotatable bonds is 6. The van der Waals surface area contributed by atoms with Gasteiger partial charge < -0.3 is 15.2 Å². The molecule has 27 heavy (non-hydrogen) atoms. The lowest BCUT2D eigenvalue weighted by molar-refractivity contribution is -0.126. The fourth-order valence-corrected chi connectivity index (χ4v) is 3.91. The first-order valence-electron chi connectivity index (χ1n) is 10.2. The number of nitrogens with zero attached hydrogens (tertiary/aromatic N) is 1. The van der Waals surface area contributed by atoms with Crippen LogP contribution >= 0.6 is 0 Å². The van der Waals surface area contributed by atoms with Crippen LogP contribution in [0.15, 0.2) is 18.2 Å². The van der Waals surface area contributed by atoms with Gasteiger partial charge in [-0.05, 0) is 44.7 Å². The van der Waals surface area contributed by atoms with Crippen molar-refractivity contribution in [1.29, 1.82) is 0 Å². The molecule has 2 amide bonds. The Labute approximate surface area is 161 Å². The zero-order valence-electron chi connectivity index (χ0n) is 16.7. The van der Waals surface area contributed by atoms with E-state index in [0.29, 0.717) is 13.1 Å². The summed E-state index contributed by atoms with van der Waals surface area (Å²) in [5, 5.41) is 4.16. The summed E-state index contributed by atoms with van der Waals surface area (Å²) in [6, 6.07) is 5.90. The van der Waals surface area contributed by atoms with Crippen molar-refractivity contribution in [2.45, 2.75) is 52.9 Å². The van der Waals surface area contributed by atoms with E-state index in [-0.39, 0.29) is 17.7 Å². The van der Waals surface area contributed by atoms with Crippen molar-refractivity contribution in [2.75, 3.05) is 19.6 Å². The number of hydrogen-bond donors (Lipinski definition) is 2. The van der Waals surface area contributed by atoms with Gasteiger partial charge in [-0.25, -0.2) is 0 Å². The van der Waals surface area contributed by atoms with Crippen LogP contribution in [0.2, 0.25) is 0 Å². The van der Waals surface area contributed by atoms with Gasteiger partial charge in [0.2, 0.25) is 5.91 Å². The molecule has 0 saturated carbocycles. The smallest absolute Gasteiger partial charge is 0.255 e. The van der Waals surface area contributed by atoms with Crippen molar-refractivity contribution in [2.24, 2.45) is 5.92 Å². The molecule has 1 aliphatic rings. The number of aromatic nitrogens is 1. The lowest BCUT2D eigenvalue weighted by Gasteiger charge is -2.31. The molecule has 3 rings (SSSR count). The molecule has 5 heteroatoms. The van der Waals surface area contributed by atoms with Crippen LogP contribution in [-0.4, -0.2) is 41.3 Å². The first-order valence-corrected chi connectivity index (χ1v) is 10.2. The molecule has 2 aromatic rings. The zero-order chi connectivity index (χ0) is 19.4. The van der Waals surface area contributed by atoms with E-state index in [4.69, 9.17) is 0 Å². The summed E-state index contributed by atoms with van der Waals surface area (Å²) in [6.07, 6.45) is 4.83. The summed E-state index contributed by atoms with van der Waals surface area (Å²) < 4.78 is 0. The van der Waals surface area contributed by atoms with Gasteiger partial charge in [0.25, 0.3) is 5.91 Å². The number of unbranched alkanes of at least 4 members (excludes halogenated alkanes) is 2. The SMILES string of the molecule is CCCCCNC(=O)C1CCN(C(=O)c2cccc3c(C)c(C)[nH]c23)CC1. The van der Waals surface area contributed by atoms with Crippen LogP contribution in [0.3, 0.4) is 0 Å². The minimum atomic E-state index is 0.0291. The van der Waals surface area contributed by atoms with Crippen LogP contribution in [0, 0.1) is 19.8 Å². The van der Waals surface area contributed by atoms with Gasteiger partial charge in [-0.2, -0.15) is 0 Å². The second-order valence-electron chi connectivity index (χ2n) is 7.67. The highest BCUT2D eigenvalue weighted by molar-refractivity contribution is 6.06. The number of aromatic amines is 1. The number of fused-ring (bicyclic) bond motifs is 1. The Bertz CT molecular complexity index is 816. The minimum absolute atomic E-state index is 0.0291. The Kier molecular flexibility index (Phi) is 6.19. The summed E-state index contributed by atoms with van der Waals surface area (Å²) in [5.41, 5.74) is 3.95. The molecule has 2 heterocycles. The number of piperidine rings is 1. The number of hydrogen-bond acceptors (Lipinski definition) is 2. The van der Waals surface area contributed by atoms with Gasteiger partial charge in [-0.1, -0.05) is 31.9 Å². The number of nitrogens with one attached hydrogen (secondary N) is 2. The van der Waals surface area contributed by atoms with Crippen molar-refractivity contribution < 1.29 is 9.59 Å². The molecule has 5 nitrogen and oxygen atoms in total. The van der Waals surface area contributed by atoms with Gasteiger partial charge in [0.05, 0.1) is 11.1 Å². The maximum atomic E-state index is 13.1. The third kappa shape index (κ3) is 4.18. The predicted molar refractivity (Wildman–Crippen MR) is 109 cm³/mol. The van der Waals surface area contributed by atoms with E-state index in [9.17, 15) is 9.59 Å². The maximum Gasteiger partial charge on any atom is 0.255 e. The zero-order valence-corrected chi connectivity index (χ0v) is 16.7. The van der Waals surface area contributed by atoms with E-state index >= 15 is 0 Å². The number of para-hydroxylation sites is 1. The van der Waals surface area contributed by atoms with Gasteiger partial charge in [0.1, 0.15) is 0 Å². The summed E-state index contributed by atoms with van der Waals surface area (Å²) in [5.74, 6) is 0.237. The minimum Gasteiger partial charge on any atom is -0.358 e. The van der Waals surface area contributed by atoms with Gasteiger partial charge in [-0.3, -0.25) is 9.59 Å². The average Bonchev–Trinajstić information content (AvgIpc) is 2.99. The fraction of sp³-hybridized carbons (Fsp3) is 0.545. The molecule has 1 aromatic carbocycles. The van der Waals surface area contributed by atoms with E-state index < -0.39 is 0 Å². The van der Waals surface area contributed by atoms with Crippen molar-refractivity contribution in [3.05, 3.63) is 35.0 Å². The van der Waals surface area contributed by atoms with Crippen molar-refractivity contribution in [3.63, 3.8) is 0 Å². The van der Waals surface area contributed by atoms with Gasteiger partial charge >= 0.3 is 0 Å². The number of likely N-dealkylation sites (tertiary alicyclic amines) is 1. The Hall–Kier alpha value is -2.30. The summed E-state index contributed by atoms with van der Waals surface area (Å²) >= 11 is 0. The molecule has 2 N–H and O–H groups in total. The highest BCUT2D eigenvalue weighted by atomic mass is 16.2. The molecule has 1 fully saturated rings. The van der Waals surface area contributed by atoms with Crippen molar-refractivity contribution >= 4 is 22.7 Å². The second kappa shape index (κ2) is 8.59. The lowest BCUT2D eigenvalue weighted by Crippen LogP contribution is -2.43. The van der Waals surface area contributed by atoms with E-state index in [1.54, 1.807) is 0 Å².